The van der Waals surface area contributed by atoms with Gasteiger partial charge in [0.2, 0.25) is 29.7 Å². The number of aromatic amines is 4. The van der Waals surface area contributed by atoms with Gasteiger partial charge in [0.25, 0.3) is 0 Å². The number of anilines is 16. The molecule has 21 rings (SSSR count). The summed E-state index contributed by atoms with van der Waals surface area (Å²) in [5, 5.41) is 68.7. The SMILES string of the molecule is CCOc1ccc(Nc2nc(Nc3ccc4[nH]ncc4c3)c3sccc3n2)cc1.COc1ccc(Nc2nc(Nc3ccc4[nH]ncc4c3)c3sccc3n2)cn1.FC(F)(F)c1cccc(Nc2nc(Nc3ccc4[nH]ncc4c3)c3sccc3n2)c1.c1ccc2c(Nc3nc(Nc4ccc5[nH]ncc5c4)c4sccc4n3)cccc2c1. The number of H-pyrrole nitrogens is 4. The maximum Gasteiger partial charge on any atom is 0.416 e. The number of nitrogens with zero attached hydrogens (tertiary/aromatic N) is 13. The van der Waals surface area contributed by atoms with Crippen molar-refractivity contribution < 1.29 is 22.6 Å². The fraction of sp³-hybridized carbons (Fsp3) is 0.0482. The average molecular weight is 1630 g/mol. The van der Waals surface area contributed by atoms with E-state index in [-0.39, 0.29) is 11.6 Å². The number of thiophene rings is 4. The van der Waals surface area contributed by atoms with Gasteiger partial charge in [-0.3, -0.25) is 20.4 Å². The molecule has 0 saturated heterocycles. The van der Waals surface area contributed by atoms with Crippen LogP contribution >= 0.6 is 45.3 Å². The van der Waals surface area contributed by atoms with Crippen molar-refractivity contribution in [3.8, 4) is 11.6 Å². The molecule has 0 aliphatic rings. The first-order chi connectivity index (χ1) is 57.3. The predicted molar refractivity (Wildman–Crippen MR) is 464 cm³/mol. The fourth-order valence-corrected chi connectivity index (χ4v) is 15.7. The van der Waals surface area contributed by atoms with Gasteiger partial charge >= 0.3 is 6.18 Å². The highest BCUT2D eigenvalue weighted by molar-refractivity contribution is 7.18. The molecule has 0 spiro atoms. The molecule has 13 heterocycles. The van der Waals surface area contributed by atoms with Crippen molar-refractivity contribution in [3.63, 3.8) is 0 Å². The molecule has 117 heavy (non-hydrogen) atoms. The number of hydrogen-bond acceptors (Lipinski definition) is 27. The second-order valence-corrected chi connectivity index (χ2v) is 29.6. The number of methoxy groups -OCH3 is 1. The number of hydrogen-bond donors (Lipinski definition) is 12. The molecule has 0 bridgehead atoms. The van der Waals surface area contributed by atoms with E-state index in [1.54, 1.807) is 72.0 Å². The highest BCUT2D eigenvalue weighted by Gasteiger charge is 2.31. The molecule has 34 heteroatoms. The van der Waals surface area contributed by atoms with Gasteiger partial charge in [-0.15, -0.1) is 45.3 Å². The van der Waals surface area contributed by atoms with E-state index in [1.807, 2.05) is 180 Å². The molecular weight excluding hydrogens is 1560 g/mol. The molecule has 0 atom stereocenters. The Bertz CT molecular complexity index is 7100. The van der Waals surface area contributed by atoms with Crippen LogP contribution in [0.4, 0.5) is 106 Å². The Kier molecular flexibility index (Phi) is 20.5. The Hall–Kier alpha value is -15.0. The Morgan fingerprint density at radius 3 is 1.15 bits per heavy atom. The molecule has 0 unspecified atom stereocenters. The number of benzene rings is 8. The maximum atomic E-state index is 13.0. The van der Waals surface area contributed by atoms with Crippen molar-refractivity contribution in [3.05, 3.63) is 258 Å². The van der Waals surface area contributed by atoms with Crippen molar-refractivity contribution >= 4 is 233 Å². The summed E-state index contributed by atoms with van der Waals surface area (Å²) in [6.45, 7) is 2.61. The van der Waals surface area contributed by atoms with Crippen LogP contribution in [0.2, 0.25) is 0 Å². The van der Waals surface area contributed by atoms with E-state index in [4.69, 9.17) is 24.4 Å². The Morgan fingerprint density at radius 2 is 0.735 bits per heavy atom. The predicted octanol–water partition coefficient (Wildman–Crippen LogP) is 22.2. The number of halogens is 3. The van der Waals surface area contributed by atoms with Crippen molar-refractivity contribution in [2.45, 2.75) is 13.1 Å². The van der Waals surface area contributed by atoms with Crippen LogP contribution in [0, 0.1) is 0 Å². The van der Waals surface area contributed by atoms with E-state index in [0.29, 0.717) is 41.7 Å². The van der Waals surface area contributed by atoms with Crippen LogP contribution in [0.15, 0.2) is 253 Å². The van der Waals surface area contributed by atoms with E-state index in [0.717, 1.165) is 159 Å². The third-order valence-corrected chi connectivity index (χ3v) is 21.8. The minimum Gasteiger partial charge on any atom is -0.494 e. The summed E-state index contributed by atoms with van der Waals surface area (Å²) < 4.78 is 53.4. The van der Waals surface area contributed by atoms with Gasteiger partial charge in [-0.2, -0.15) is 53.5 Å². The van der Waals surface area contributed by atoms with Gasteiger partial charge in [0.15, 0.2) is 23.3 Å². The average Bonchev–Trinajstić information content (AvgIpc) is 1.76. The minimum atomic E-state index is -4.42. The Labute approximate surface area is 676 Å². The first kappa shape index (κ1) is 73.5. The minimum absolute atomic E-state index is 0.201. The van der Waals surface area contributed by atoms with Crippen LogP contribution in [0.25, 0.3) is 95.3 Å². The largest absolute Gasteiger partial charge is 0.494 e. The summed E-state index contributed by atoms with van der Waals surface area (Å²) >= 11 is 6.31. The van der Waals surface area contributed by atoms with E-state index >= 15 is 0 Å². The first-order valence-electron chi connectivity index (χ1n) is 36.1. The quantitative estimate of drug-likeness (QED) is 0.0358. The standard InChI is InChI=1S/C23H16N6S.C21H18N6OS.C20H13F3N6S.C19H15N7OS/c1-2-6-17-14(4-1)5-3-7-19(17)26-23-27-20-10-11-30-21(20)22(28-23)25-16-8-9-18-15(12-16)13-24-29-18;1-2-28-16-6-3-14(4-7-16)24-21-25-18-9-10-29-19(18)20(26-21)23-15-5-8-17-13(11-15)12-22-27-17;21-20(22,23)12-2-1-3-13(9-12)26-19-27-16-6-7-30-17(16)18(28-19)25-14-4-5-15-11(8-14)10-24-29-15;1-27-16-5-3-13(10-20-16)23-19-24-15-6-7-28-17(15)18(25-19)22-12-2-4-14-11(8-12)9-21-26-14/h1-13H,(H,24,29)(H2,25,26,27,28);3-12H,2H2,1H3,(H,22,27)(H2,23,24,25,26);1-10H,(H,24,29)(H2,25,26,27,28);2-10H,1H3,(H,21,26)(H2,22,23,24,25). The number of ether oxygens (including phenoxy) is 2. The van der Waals surface area contributed by atoms with Crippen LogP contribution in [-0.4, -0.2) is 99.4 Å². The molecule has 576 valence electrons. The molecule has 27 nitrogen and oxygen atoms in total. The van der Waals surface area contributed by atoms with Crippen molar-refractivity contribution in [2.24, 2.45) is 0 Å². The zero-order valence-corrected chi connectivity index (χ0v) is 64.6. The molecule has 13 aromatic heterocycles. The Morgan fingerprint density at radius 1 is 0.350 bits per heavy atom. The van der Waals surface area contributed by atoms with Crippen LogP contribution < -0.4 is 52.0 Å². The van der Waals surface area contributed by atoms with Crippen LogP contribution in [0.1, 0.15) is 12.5 Å². The lowest BCUT2D eigenvalue weighted by Gasteiger charge is -2.12. The van der Waals surface area contributed by atoms with E-state index in [1.165, 1.54) is 28.9 Å². The second-order valence-electron chi connectivity index (χ2n) is 26.0. The number of pyridine rings is 1. The van der Waals surface area contributed by atoms with Gasteiger partial charge in [0, 0.05) is 72.8 Å². The number of nitrogens with one attached hydrogen (secondary N) is 12. The molecule has 0 fully saturated rings. The van der Waals surface area contributed by atoms with Gasteiger partial charge in [-0.05, 0) is 185 Å². The summed E-state index contributed by atoms with van der Waals surface area (Å²) in [7, 11) is 1.59. The summed E-state index contributed by atoms with van der Waals surface area (Å²) in [5.41, 5.74) is 13.1. The third-order valence-electron chi connectivity index (χ3n) is 18.1. The van der Waals surface area contributed by atoms with Gasteiger partial charge in [0.05, 0.1) is 119 Å². The van der Waals surface area contributed by atoms with Crippen LogP contribution in [-0.2, 0) is 6.18 Å². The molecule has 12 N–H and O–H groups in total. The van der Waals surface area contributed by atoms with Gasteiger partial charge in [-0.1, -0.05) is 42.5 Å². The summed E-state index contributed by atoms with van der Waals surface area (Å²) in [6.07, 6.45) is 4.40. The van der Waals surface area contributed by atoms with Gasteiger partial charge < -0.3 is 52.0 Å². The number of alkyl halides is 3. The molecule has 21 aromatic rings. The molecule has 0 aliphatic carbocycles. The third kappa shape index (κ3) is 16.8. The normalized spacial score (nSPS) is 11.3. The van der Waals surface area contributed by atoms with Crippen LogP contribution in [0.5, 0.6) is 11.6 Å². The van der Waals surface area contributed by atoms with Crippen molar-refractivity contribution in [1.29, 1.82) is 0 Å². The molecule has 0 radical (unpaired) electrons. The van der Waals surface area contributed by atoms with Crippen molar-refractivity contribution in [2.75, 3.05) is 56.3 Å². The lowest BCUT2D eigenvalue weighted by molar-refractivity contribution is -0.137. The number of aromatic nitrogens is 17. The van der Waals surface area contributed by atoms with E-state index in [9.17, 15) is 13.2 Å². The molecular formula is C83H62F3N25O2S4. The van der Waals surface area contributed by atoms with Crippen LogP contribution in [0.3, 0.4) is 0 Å². The summed E-state index contributed by atoms with van der Waals surface area (Å²) in [4.78, 5) is 41.2. The highest BCUT2D eigenvalue weighted by atomic mass is 32.1. The van der Waals surface area contributed by atoms with Gasteiger partial charge in [-0.25, -0.2) is 24.9 Å². The topological polar surface area (TPSA) is 345 Å². The maximum absolute atomic E-state index is 13.0. The van der Waals surface area contributed by atoms with Crippen molar-refractivity contribution in [1.82, 2.24) is 85.6 Å². The Balaban J connectivity index is 0.000000108. The lowest BCUT2D eigenvalue weighted by Crippen LogP contribution is -2.06. The smallest absolute Gasteiger partial charge is 0.416 e. The van der Waals surface area contributed by atoms with E-state index in [2.05, 4.69) is 137 Å². The second kappa shape index (κ2) is 32.6. The number of rotatable bonds is 19. The highest BCUT2D eigenvalue weighted by Crippen LogP contribution is 2.39. The summed E-state index contributed by atoms with van der Waals surface area (Å²) in [5.74, 6) is 6.02. The van der Waals surface area contributed by atoms with E-state index < -0.39 is 11.7 Å². The monoisotopic (exact) mass is 1630 g/mol. The number of fused-ring (bicyclic) bond motifs is 9. The summed E-state index contributed by atoms with van der Waals surface area (Å²) in [6, 6.07) is 62.4. The zero-order valence-electron chi connectivity index (χ0n) is 61.4. The van der Waals surface area contributed by atoms with Gasteiger partial charge in [0.1, 0.15) is 5.75 Å². The fourth-order valence-electron chi connectivity index (χ4n) is 12.6. The molecule has 0 saturated carbocycles. The molecule has 8 aromatic carbocycles. The zero-order chi connectivity index (χ0) is 79.2. The molecule has 0 aliphatic heterocycles. The lowest BCUT2D eigenvalue weighted by atomic mass is 10.1. The molecule has 0 amide bonds. The first-order valence-corrected chi connectivity index (χ1v) is 39.7.